The van der Waals surface area contributed by atoms with E-state index in [2.05, 4.69) is 19.9 Å². The summed E-state index contributed by atoms with van der Waals surface area (Å²) in [5, 5.41) is 10.9. The van der Waals surface area contributed by atoms with Crippen molar-refractivity contribution in [3.8, 4) is 11.4 Å². The second-order valence-corrected chi connectivity index (χ2v) is 4.78. The molecule has 0 fully saturated rings. The van der Waals surface area contributed by atoms with Crippen LogP contribution < -0.4 is 0 Å². The molecule has 4 aromatic rings. The van der Waals surface area contributed by atoms with Crippen LogP contribution in [-0.4, -0.2) is 24.9 Å². The fraction of sp³-hybridized carbons (Fsp3) is 0. The lowest BCUT2D eigenvalue weighted by Gasteiger charge is -1.95. The monoisotopic (exact) mass is 291 g/mol. The Kier molecular flexibility index (Phi) is 2.59. The van der Waals surface area contributed by atoms with Crippen LogP contribution in [0.4, 0.5) is 5.69 Å². The molecule has 1 N–H and O–H groups in total. The number of rotatable bonds is 2. The Morgan fingerprint density at radius 2 is 1.73 bits per heavy atom. The van der Waals surface area contributed by atoms with Gasteiger partial charge >= 0.3 is 0 Å². The van der Waals surface area contributed by atoms with Crippen molar-refractivity contribution >= 4 is 28.0 Å². The van der Waals surface area contributed by atoms with Gasteiger partial charge in [-0.1, -0.05) is 24.3 Å². The van der Waals surface area contributed by atoms with Gasteiger partial charge in [0.1, 0.15) is 5.82 Å². The van der Waals surface area contributed by atoms with Crippen molar-refractivity contribution in [2.24, 2.45) is 0 Å². The number of hydrogen-bond acceptors (Lipinski definition) is 5. The van der Waals surface area contributed by atoms with Crippen LogP contribution in [0.15, 0.2) is 48.5 Å². The number of imidazole rings is 1. The molecule has 0 bridgehead atoms. The Bertz CT molecular complexity index is 972. The zero-order valence-corrected chi connectivity index (χ0v) is 11.2. The van der Waals surface area contributed by atoms with Crippen LogP contribution in [0.25, 0.3) is 33.7 Å². The third-order valence-corrected chi connectivity index (χ3v) is 3.34. The smallest absolute Gasteiger partial charge is 0.270 e. The van der Waals surface area contributed by atoms with E-state index in [1.165, 1.54) is 12.1 Å². The Morgan fingerprint density at radius 1 is 0.955 bits per heavy atom. The van der Waals surface area contributed by atoms with Crippen LogP contribution in [0.2, 0.25) is 0 Å². The van der Waals surface area contributed by atoms with Crippen LogP contribution in [-0.2, 0) is 0 Å². The number of non-ortho nitro benzene ring substituents is 1. The molecular weight excluding hydrogens is 282 g/mol. The van der Waals surface area contributed by atoms with Crippen molar-refractivity contribution < 1.29 is 4.92 Å². The fourth-order valence-electron chi connectivity index (χ4n) is 2.30. The molecule has 0 radical (unpaired) electrons. The Labute approximate surface area is 123 Å². The normalized spacial score (nSPS) is 11.1. The quantitative estimate of drug-likeness (QED) is 0.452. The van der Waals surface area contributed by atoms with Gasteiger partial charge in [0.25, 0.3) is 5.69 Å². The zero-order valence-electron chi connectivity index (χ0n) is 11.2. The van der Waals surface area contributed by atoms with Crippen LogP contribution in [0.1, 0.15) is 0 Å². The summed E-state index contributed by atoms with van der Waals surface area (Å²) in [4.78, 5) is 26.8. The van der Waals surface area contributed by atoms with Crippen molar-refractivity contribution in [3.05, 3.63) is 58.6 Å². The summed E-state index contributed by atoms with van der Waals surface area (Å²) in [5.41, 5.74) is 3.21. The Balaban J connectivity index is 1.90. The summed E-state index contributed by atoms with van der Waals surface area (Å²) in [6.45, 7) is 0. The molecular formula is C15H9N5O2. The van der Waals surface area contributed by atoms with Gasteiger partial charge in [0, 0.05) is 17.7 Å². The summed E-state index contributed by atoms with van der Waals surface area (Å²) in [6.07, 6.45) is 0. The molecule has 0 spiro atoms. The SMILES string of the molecule is O=[N+]([O-])c1cccc(-c2nc3nc4ccccc4nc3[nH]2)c1. The van der Waals surface area contributed by atoms with E-state index in [0.717, 1.165) is 11.0 Å². The second kappa shape index (κ2) is 4.59. The standard InChI is InChI=1S/C15H9N5O2/c21-20(22)10-5-3-4-9(8-10)13-18-14-15(19-13)17-12-7-2-1-6-11(12)16-14/h1-8H,(H,16,17,18,19). The Hall–Kier alpha value is -3.35. The Morgan fingerprint density at radius 3 is 2.50 bits per heavy atom. The maximum Gasteiger partial charge on any atom is 0.270 e. The summed E-state index contributed by atoms with van der Waals surface area (Å²) in [5.74, 6) is 0.508. The highest BCUT2D eigenvalue weighted by Crippen LogP contribution is 2.23. The molecule has 0 amide bonds. The minimum atomic E-state index is -0.434. The number of aromatic amines is 1. The second-order valence-electron chi connectivity index (χ2n) is 4.78. The minimum Gasteiger partial charge on any atom is -0.321 e. The topological polar surface area (TPSA) is 97.6 Å². The zero-order chi connectivity index (χ0) is 15.1. The largest absolute Gasteiger partial charge is 0.321 e. The van der Waals surface area contributed by atoms with Crippen LogP contribution in [0.5, 0.6) is 0 Å². The van der Waals surface area contributed by atoms with Gasteiger partial charge in [-0.15, -0.1) is 0 Å². The molecule has 2 aromatic heterocycles. The van der Waals surface area contributed by atoms with Crippen LogP contribution >= 0.6 is 0 Å². The van der Waals surface area contributed by atoms with Gasteiger partial charge in [-0.05, 0) is 12.1 Å². The minimum absolute atomic E-state index is 0.0176. The van der Waals surface area contributed by atoms with Crippen molar-refractivity contribution in [2.45, 2.75) is 0 Å². The highest BCUT2D eigenvalue weighted by atomic mass is 16.6. The number of benzene rings is 2. The molecule has 106 valence electrons. The van der Waals surface area contributed by atoms with Crippen molar-refractivity contribution in [2.75, 3.05) is 0 Å². The number of nitro groups is 1. The van der Waals surface area contributed by atoms with Gasteiger partial charge in [0.2, 0.25) is 0 Å². The van der Waals surface area contributed by atoms with E-state index in [-0.39, 0.29) is 5.69 Å². The first-order chi connectivity index (χ1) is 10.7. The van der Waals surface area contributed by atoms with Gasteiger partial charge in [0.05, 0.1) is 16.0 Å². The number of nitro benzene ring substituents is 1. The number of aromatic nitrogens is 4. The van der Waals surface area contributed by atoms with E-state index in [0.29, 0.717) is 22.7 Å². The predicted octanol–water partition coefficient (Wildman–Crippen LogP) is 3.08. The molecule has 4 rings (SSSR count). The summed E-state index contributed by atoms with van der Waals surface area (Å²) in [7, 11) is 0. The molecule has 22 heavy (non-hydrogen) atoms. The molecule has 7 nitrogen and oxygen atoms in total. The lowest BCUT2D eigenvalue weighted by Crippen LogP contribution is -1.88. The number of nitrogens with zero attached hydrogens (tertiary/aromatic N) is 4. The molecule has 0 unspecified atom stereocenters. The highest BCUT2D eigenvalue weighted by molar-refractivity contribution is 5.84. The molecule has 0 aliphatic rings. The summed E-state index contributed by atoms with van der Waals surface area (Å²) < 4.78 is 0. The first-order valence-corrected chi connectivity index (χ1v) is 6.58. The fourth-order valence-corrected chi connectivity index (χ4v) is 2.30. The van der Waals surface area contributed by atoms with E-state index in [1.54, 1.807) is 12.1 Å². The van der Waals surface area contributed by atoms with Crippen molar-refractivity contribution in [1.82, 2.24) is 19.9 Å². The summed E-state index contributed by atoms with van der Waals surface area (Å²) >= 11 is 0. The van der Waals surface area contributed by atoms with E-state index >= 15 is 0 Å². The van der Waals surface area contributed by atoms with Crippen molar-refractivity contribution in [1.29, 1.82) is 0 Å². The third-order valence-electron chi connectivity index (χ3n) is 3.34. The number of hydrogen-bond donors (Lipinski definition) is 1. The molecule has 0 aliphatic heterocycles. The molecule has 2 aromatic carbocycles. The lowest BCUT2D eigenvalue weighted by molar-refractivity contribution is -0.384. The molecule has 0 saturated heterocycles. The average Bonchev–Trinajstić information content (AvgIpc) is 2.95. The van der Waals surface area contributed by atoms with Crippen LogP contribution in [0.3, 0.4) is 0 Å². The number of H-pyrrole nitrogens is 1. The van der Waals surface area contributed by atoms with Crippen molar-refractivity contribution in [3.63, 3.8) is 0 Å². The lowest BCUT2D eigenvalue weighted by atomic mass is 10.2. The molecule has 0 aliphatic carbocycles. The van der Waals surface area contributed by atoms with Gasteiger partial charge in [-0.2, -0.15) is 0 Å². The maximum atomic E-state index is 10.9. The van der Waals surface area contributed by atoms with Gasteiger partial charge < -0.3 is 4.98 Å². The van der Waals surface area contributed by atoms with Gasteiger partial charge in [0.15, 0.2) is 11.3 Å². The number of para-hydroxylation sites is 2. The summed E-state index contributed by atoms with van der Waals surface area (Å²) in [6, 6.07) is 13.8. The molecule has 0 saturated carbocycles. The molecule has 2 heterocycles. The van der Waals surface area contributed by atoms with Gasteiger partial charge in [-0.3, -0.25) is 10.1 Å². The number of fused-ring (bicyclic) bond motifs is 2. The first-order valence-electron chi connectivity index (χ1n) is 6.58. The van der Waals surface area contributed by atoms with Crippen LogP contribution in [0, 0.1) is 10.1 Å². The third kappa shape index (κ3) is 1.96. The molecule has 0 atom stereocenters. The van der Waals surface area contributed by atoms with E-state index < -0.39 is 4.92 Å². The maximum absolute atomic E-state index is 10.9. The first kappa shape index (κ1) is 12.4. The highest BCUT2D eigenvalue weighted by Gasteiger charge is 2.12. The van der Waals surface area contributed by atoms with E-state index in [4.69, 9.17) is 0 Å². The van der Waals surface area contributed by atoms with E-state index in [1.807, 2.05) is 24.3 Å². The predicted molar refractivity (Wildman–Crippen MR) is 81.3 cm³/mol. The average molecular weight is 291 g/mol. The number of nitrogens with one attached hydrogen (secondary N) is 1. The van der Waals surface area contributed by atoms with E-state index in [9.17, 15) is 10.1 Å². The van der Waals surface area contributed by atoms with Gasteiger partial charge in [-0.25, -0.2) is 15.0 Å². The molecule has 7 heteroatoms.